The number of aryl methyl sites for hydroxylation is 3. The number of aromatic amines is 1. The lowest BCUT2D eigenvalue weighted by Gasteiger charge is -2.09. The van der Waals surface area contributed by atoms with Crippen LogP contribution in [0.2, 0.25) is 0 Å². The van der Waals surface area contributed by atoms with Gasteiger partial charge in [0, 0.05) is 10.6 Å². The van der Waals surface area contributed by atoms with Crippen molar-refractivity contribution in [3.63, 3.8) is 0 Å². The molecule has 0 aliphatic rings. The molecule has 24 heavy (non-hydrogen) atoms. The smallest absolute Gasteiger partial charge is 0.240 e. The van der Waals surface area contributed by atoms with E-state index in [1.807, 2.05) is 17.5 Å². The third-order valence-electron chi connectivity index (χ3n) is 3.56. The Kier molecular flexibility index (Phi) is 5.32. The molecule has 2 N–H and O–H groups in total. The van der Waals surface area contributed by atoms with Crippen LogP contribution in [0, 0.1) is 20.8 Å². The van der Waals surface area contributed by atoms with Crippen LogP contribution in [-0.2, 0) is 5.75 Å². The van der Waals surface area contributed by atoms with E-state index in [1.54, 1.807) is 29.3 Å². The number of nitrogens with zero attached hydrogens (tertiary/aromatic N) is 3. The summed E-state index contributed by atoms with van der Waals surface area (Å²) in [7, 11) is 0. The Morgan fingerprint density at radius 2 is 2.08 bits per heavy atom. The van der Waals surface area contributed by atoms with Gasteiger partial charge in [0.05, 0.1) is 6.21 Å². The van der Waals surface area contributed by atoms with Gasteiger partial charge in [0.15, 0.2) is 0 Å². The average molecular weight is 358 g/mol. The predicted molar refractivity (Wildman–Crippen MR) is 102 cm³/mol. The minimum Gasteiger partial charge on any atom is -0.246 e. The number of hydrogen-bond acceptors (Lipinski definition) is 6. The van der Waals surface area contributed by atoms with E-state index in [-0.39, 0.29) is 0 Å². The number of hydrazone groups is 1. The van der Waals surface area contributed by atoms with Gasteiger partial charge in [0.25, 0.3) is 0 Å². The zero-order chi connectivity index (χ0) is 16.9. The van der Waals surface area contributed by atoms with Gasteiger partial charge in [-0.05, 0) is 48.9 Å². The van der Waals surface area contributed by atoms with Gasteiger partial charge >= 0.3 is 0 Å². The lowest BCUT2D eigenvalue weighted by Crippen LogP contribution is -1.93. The summed E-state index contributed by atoms with van der Waals surface area (Å²) < 4.78 is 0. The second kappa shape index (κ2) is 7.63. The SMILES string of the molecule is Cc1cc(C)c(CSc2n[nH]c(N/N=C/c3cccs3)n2)c(C)c1. The van der Waals surface area contributed by atoms with Crippen molar-refractivity contribution in [3.8, 4) is 0 Å². The highest BCUT2D eigenvalue weighted by molar-refractivity contribution is 7.98. The normalized spacial score (nSPS) is 11.3. The number of nitrogens with one attached hydrogen (secondary N) is 2. The van der Waals surface area contributed by atoms with Gasteiger partial charge in [-0.2, -0.15) is 10.1 Å². The highest BCUT2D eigenvalue weighted by Gasteiger charge is 2.08. The molecule has 5 nitrogen and oxygen atoms in total. The number of thioether (sulfide) groups is 1. The van der Waals surface area contributed by atoms with E-state index >= 15 is 0 Å². The van der Waals surface area contributed by atoms with Crippen LogP contribution in [0.15, 0.2) is 39.9 Å². The fraction of sp³-hybridized carbons (Fsp3) is 0.235. The van der Waals surface area contributed by atoms with E-state index in [4.69, 9.17) is 0 Å². The molecule has 0 spiro atoms. The zero-order valence-corrected chi connectivity index (χ0v) is 15.5. The molecule has 3 aromatic rings. The Bertz CT molecular complexity index is 814. The van der Waals surface area contributed by atoms with Gasteiger partial charge in [0.1, 0.15) is 0 Å². The largest absolute Gasteiger partial charge is 0.246 e. The number of H-pyrrole nitrogens is 1. The first-order valence-corrected chi connectivity index (χ1v) is 9.43. The molecule has 0 bridgehead atoms. The third kappa shape index (κ3) is 4.24. The predicted octanol–water partition coefficient (Wildman–Crippen LogP) is 4.53. The Labute approximate surface area is 149 Å². The topological polar surface area (TPSA) is 66.0 Å². The summed E-state index contributed by atoms with van der Waals surface area (Å²) >= 11 is 3.25. The molecule has 0 atom stereocenters. The molecule has 0 saturated heterocycles. The molecule has 0 aliphatic heterocycles. The Balaban J connectivity index is 1.58. The maximum absolute atomic E-state index is 4.40. The fourth-order valence-corrected chi connectivity index (χ4v) is 4.04. The van der Waals surface area contributed by atoms with Crippen LogP contribution in [-0.4, -0.2) is 21.4 Å². The summed E-state index contributed by atoms with van der Waals surface area (Å²) in [5.74, 6) is 1.40. The number of aromatic nitrogens is 3. The second-order valence-corrected chi connectivity index (χ2v) is 7.44. The molecule has 0 aliphatic carbocycles. The standard InChI is InChI=1S/C17H19N5S2/c1-11-7-12(2)15(13(3)8-11)10-24-17-19-16(21-22-17)20-18-9-14-5-4-6-23-14/h4-9H,10H2,1-3H3,(H2,19,20,21,22)/b18-9+. The molecule has 3 rings (SSSR count). The number of anilines is 1. The zero-order valence-electron chi connectivity index (χ0n) is 13.8. The lowest BCUT2D eigenvalue weighted by atomic mass is 10.0. The first-order valence-electron chi connectivity index (χ1n) is 7.56. The first-order chi connectivity index (χ1) is 11.6. The van der Waals surface area contributed by atoms with Gasteiger partial charge < -0.3 is 0 Å². The fourth-order valence-electron chi connectivity index (χ4n) is 2.46. The summed E-state index contributed by atoms with van der Waals surface area (Å²) in [5, 5.41) is 13.9. The van der Waals surface area contributed by atoms with Crippen molar-refractivity contribution in [1.29, 1.82) is 0 Å². The molecule has 1 aromatic carbocycles. The van der Waals surface area contributed by atoms with E-state index < -0.39 is 0 Å². The molecule has 2 aromatic heterocycles. The number of benzene rings is 1. The summed E-state index contributed by atoms with van der Waals surface area (Å²) in [6.07, 6.45) is 1.76. The van der Waals surface area contributed by atoms with Crippen LogP contribution in [0.5, 0.6) is 0 Å². The first kappa shape index (κ1) is 16.7. The van der Waals surface area contributed by atoms with Gasteiger partial charge in [-0.1, -0.05) is 35.5 Å². The van der Waals surface area contributed by atoms with E-state index in [0.29, 0.717) is 11.1 Å². The van der Waals surface area contributed by atoms with Crippen molar-refractivity contribution in [2.45, 2.75) is 31.7 Å². The molecular weight excluding hydrogens is 338 g/mol. The number of rotatable bonds is 6. The Morgan fingerprint density at radius 1 is 1.29 bits per heavy atom. The molecular formula is C17H19N5S2. The molecule has 0 amide bonds. The summed E-state index contributed by atoms with van der Waals surface area (Å²) in [4.78, 5) is 5.48. The molecule has 0 fully saturated rings. The van der Waals surface area contributed by atoms with Crippen molar-refractivity contribution in [2.24, 2.45) is 5.10 Å². The molecule has 0 saturated carbocycles. The van der Waals surface area contributed by atoms with Crippen molar-refractivity contribution in [1.82, 2.24) is 15.2 Å². The average Bonchev–Trinajstić information content (AvgIpc) is 3.18. The van der Waals surface area contributed by atoms with Crippen molar-refractivity contribution in [2.75, 3.05) is 5.43 Å². The van der Waals surface area contributed by atoms with E-state index in [2.05, 4.69) is 58.6 Å². The van der Waals surface area contributed by atoms with Crippen LogP contribution in [0.3, 0.4) is 0 Å². The molecule has 2 heterocycles. The quantitative estimate of drug-likeness (QED) is 0.386. The van der Waals surface area contributed by atoms with Gasteiger partial charge in [0.2, 0.25) is 11.1 Å². The lowest BCUT2D eigenvalue weighted by molar-refractivity contribution is 0.972. The second-order valence-electron chi connectivity index (χ2n) is 5.52. The van der Waals surface area contributed by atoms with Crippen LogP contribution in [0.1, 0.15) is 27.1 Å². The number of thiophene rings is 1. The highest BCUT2D eigenvalue weighted by Crippen LogP contribution is 2.25. The molecule has 0 unspecified atom stereocenters. The number of hydrogen-bond donors (Lipinski definition) is 2. The summed E-state index contributed by atoms with van der Waals surface area (Å²) in [6.45, 7) is 6.43. The third-order valence-corrected chi connectivity index (χ3v) is 5.24. The molecule has 0 radical (unpaired) electrons. The van der Waals surface area contributed by atoms with Crippen molar-refractivity contribution in [3.05, 3.63) is 56.8 Å². The highest BCUT2D eigenvalue weighted by atomic mass is 32.2. The van der Waals surface area contributed by atoms with Crippen LogP contribution in [0.25, 0.3) is 0 Å². The monoisotopic (exact) mass is 357 g/mol. The molecule has 124 valence electrons. The van der Waals surface area contributed by atoms with Gasteiger partial charge in [-0.15, -0.1) is 16.4 Å². The van der Waals surface area contributed by atoms with E-state index in [0.717, 1.165) is 10.6 Å². The minimum absolute atomic E-state index is 0.544. The van der Waals surface area contributed by atoms with Crippen molar-refractivity contribution < 1.29 is 0 Å². The Morgan fingerprint density at radius 3 is 2.79 bits per heavy atom. The maximum Gasteiger partial charge on any atom is 0.240 e. The molecule has 7 heteroatoms. The van der Waals surface area contributed by atoms with Crippen molar-refractivity contribution >= 4 is 35.3 Å². The van der Waals surface area contributed by atoms with E-state index in [9.17, 15) is 0 Å². The van der Waals surface area contributed by atoms with Crippen LogP contribution >= 0.6 is 23.1 Å². The van der Waals surface area contributed by atoms with E-state index in [1.165, 1.54) is 22.3 Å². The van der Waals surface area contributed by atoms with Gasteiger partial charge in [-0.25, -0.2) is 10.5 Å². The minimum atomic E-state index is 0.544. The summed E-state index contributed by atoms with van der Waals surface area (Å²) in [5.41, 5.74) is 8.14. The summed E-state index contributed by atoms with van der Waals surface area (Å²) in [6, 6.07) is 8.42. The van der Waals surface area contributed by atoms with Crippen LogP contribution in [0.4, 0.5) is 5.95 Å². The Hall–Kier alpha value is -2.12. The maximum atomic E-state index is 4.40. The van der Waals surface area contributed by atoms with Gasteiger partial charge in [-0.3, -0.25) is 0 Å². The van der Waals surface area contributed by atoms with Crippen LogP contribution < -0.4 is 5.43 Å².